The fraction of sp³-hybridized carbons (Fsp3) is 1.00. The maximum absolute atomic E-state index is 7.57. The van der Waals surface area contributed by atoms with Gasteiger partial charge in [-0.25, -0.2) is 0 Å². The van der Waals surface area contributed by atoms with E-state index in [4.69, 9.17) is 28.3 Å². The van der Waals surface area contributed by atoms with Crippen molar-refractivity contribution in [1.29, 1.82) is 0 Å². The average molecular weight is 496 g/mol. The molecule has 0 heterocycles. The molecule has 0 radical (unpaired) electrons. The van der Waals surface area contributed by atoms with Crippen molar-refractivity contribution in [3.8, 4) is 0 Å². The maximum atomic E-state index is 7.57. The van der Waals surface area contributed by atoms with Crippen molar-refractivity contribution in [2.75, 3.05) is 17.3 Å². The van der Waals surface area contributed by atoms with E-state index < -0.39 is 0 Å². The van der Waals surface area contributed by atoms with Crippen molar-refractivity contribution in [3.05, 3.63) is 0 Å². The molecule has 0 aromatic rings. The molecule has 0 saturated heterocycles. The minimum atomic E-state index is 0. The molecule has 0 bridgehead atoms. The number of aliphatic hydroxyl groups is 1. The van der Waals surface area contributed by atoms with Crippen LogP contribution in [0.2, 0.25) is 0 Å². The molecule has 0 rings (SSSR count). The van der Waals surface area contributed by atoms with Crippen molar-refractivity contribution in [1.82, 2.24) is 0 Å². The maximum Gasteiger partial charge on any atom is 0.0967 e. The first-order chi connectivity index (χ1) is 5.24. The van der Waals surface area contributed by atoms with Crippen molar-refractivity contribution < 1.29 is 80.6 Å². The number of aliphatic hydroxyl groups excluding tert-OH is 1. The van der Waals surface area contributed by atoms with Crippen LogP contribution in [-0.4, -0.2) is 22.4 Å². The van der Waals surface area contributed by atoms with Crippen LogP contribution in [0.5, 0.6) is 0 Å². The average Bonchev–Trinajstić information content (AvgIpc) is 1.96. The SMILES string of the molecule is BrBr.C.CCBr.CCO.ClCCl.[Ar].[Ar]. The zero-order chi connectivity index (χ0) is 10.1. The summed E-state index contributed by atoms with van der Waals surface area (Å²) >= 11 is 18.2. The summed E-state index contributed by atoms with van der Waals surface area (Å²) in [6, 6.07) is 0. The fourth-order valence-corrected chi connectivity index (χ4v) is 0. The second-order valence-corrected chi connectivity index (χ2v) is 2.61. The second kappa shape index (κ2) is 84.7. The Bertz CT molecular complexity index is 33.8. The summed E-state index contributed by atoms with van der Waals surface area (Å²) in [4.78, 5) is 0. The predicted octanol–water partition coefficient (Wildman–Crippen LogP) is 5.15. The standard InChI is InChI=1S/C2H5Br.C2H6O.CH2Cl2.CH4.2Ar.Br2/c2*1-2-3;2-1-3;;;;1-2/h2H2,1H3;3H,2H2,1H3;1H2;1H4;;;. The number of alkyl halides is 3. The van der Waals surface area contributed by atoms with Gasteiger partial charge in [0.1, 0.15) is 0 Å². The van der Waals surface area contributed by atoms with Crippen LogP contribution in [0.15, 0.2) is 0 Å². The van der Waals surface area contributed by atoms with E-state index in [0.717, 1.165) is 5.33 Å². The Morgan fingerprint density at radius 1 is 1.07 bits per heavy atom. The number of hydrogen-bond donors (Lipinski definition) is 1. The first-order valence-corrected chi connectivity index (χ1v) is 8.58. The van der Waals surface area contributed by atoms with E-state index in [2.05, 4.69) is 44.2 Å². The molecular formula is C6H17Ar2Br3Cl2O. The van der Waals surface area contributed by atoms with Crippen LogP contribution >= 0.6 is 67.4 Å². The summed E-state index contributed by atoms with van der Waals surface area (Å²) in [7, 11) is 0. The Morgan fingerprint density at radius 2 is 1.07 bits per heavy atom. The van der Waals surface area contributed by atoms with E-state index in [1.165, 1.54) is 0 Å². The molecule has 0 aliphatic heterocycles. The van der Waals surface area contributed by atoms with Crippen molar-refractivity contribution in [2.45, 2.75) is 21.3 Å². The zero-order valence-corrected chi connectivity index (χ0v) is 14.8. The topological polar surface area (TPSA) is 20.2 Å². The summed E-state index contributed by atoms with van der Waals surface area (Å²) in [6.07, 6.45) is 0. The van der Waals surface area contributed by atoms with Crippen LogP contribution in [0.3, 0.4) is 0 Å². The van der Waals surface area contributed by atoms with Gasteiger partial charge in [-0.1, -0.05) is 30.3 Å². The second-order valence-electron chi connectivity index (χ2n) is 0.685. The van der Waals surface area contributed by atoms with E-state index in [1.807, 2.05) is 6.92 Å². The van der Waals surface area contributed by atoms with Crippen LogP contribution < -0.4 is 0 Å². The summed E-state index contributed by atoms with van der Waals surface area (Å²) in [5, 5.41) is 8.83. The summed E-state index contributed by atoms with van der Waals surface area (Å²) in [5.74, 6) is 0. The molecule has 0 aliphatic carbocycles. The first-order valence-electron chi connectivity index (χ1n) is 2.68. The molecule has 0 spiro atoms. The van der Waals surface area contributed by atoms with Crippen LogP contribution in [-0.2, 0) is 0 Å². The quantitative estimate of drug-likeness (QED) is 0.461. The van der Waals surface area contributed by atoms with Gasteiger partial charge < -0.3 is 5.11 Å². The molecule has 0 saturated carbocycles. The molecule has 1 N–H and O–H groups in total. The molecule has 0 fully saturated rings. The molecule has 0 aromatic carbocycles. The third kappa shape index (κ3) is 196. The molecule has 0 unspecified atom stereocenters. The Balaban J connectivity index is -0.00000000880. The minimum absolute atomic E-state index is 0. The molecule has 8 heteroatoms. The van der Waals surface area contributed by atoms with Crippen LogP contribution in [0, 0.1) is 75.5 Å². The fourth-order valence-electron chi connectivity index (χ4n) is 0. The number of rotatable bonds is 0. The van der Waals surface area contributed by atoms with Gasteiger partial charge in [-0.05, 0) is 6.92 Å². The van der Waals surface area contributed by atoms with Gasteiger partial charge in [0.2, 0.25) is 0 Å². The van der Waals surface area contributed by atoms with Crippen LogP contribution in [0.1, 0.15) is 21.3 Å². The Kier molecular flexibility index (Phi) is 259. The predicted molar refractivity (Wildman–Crippen MR) is 73.4 cm³/mol. The van der Waals surface area contributed by atoms with Gasteiger partial charge in [0.15, 0.2) is 0 Å². The molecule has 14 heavy (non-hydrogen) atoms. The largest absolute Gasteiger partial charge is 0.397 e. The Hall–Kier alpha value is 4.50. The van der Waals surface area contributed by atoms with E-state index in [9.17, 15) is 0 Å². The Labute approximate surface area is 182 Å². The number of halogens is 5. The summed E-state index contributed by atoms with van der Waals surface area (Å²) < 4.78 is 0. The third-order valence-corrected chi connectivity index (χ3v) is 0. The molecule has 98 valence electrons. The molecule has 0 aliphatic rings. The molecule has 1 nitrogen and oxygen atoms in total. The zero-order valence-electron chi connectivity index (χ0n) is 7.17. The van der Waals surface area contributed by atoms with Gasteiger partial charge in [-0.3, -0.25) is 0 Å². The van der Waals surface area contributed by atoms with E-state index in [0.29, 0.717) is 0 Å². The molecule has 0 aromatic heterocycles. The van der Waals surface area contributed by atoms with Gasteiger partial charge >= 0.3 is 0 Å². The molecular weight excluding hydrogens is 479 g/mol. The van der Waals surface area contributed by atoms with E-state index in [-0.39, 0.29) is 94.8 Å². The summed E-state index contributed by atoms with van der Waals surface area (Å²) in [6.45, 7) is 3.97. The van der Waals surface area contributed by atoms with Crippen molar-refractivity contribution in [3.63, 3.8) is 0 Å². The van der Waals surface area contributed by atoms with Gasteiger partial charge in [0.25, 0.3) is 0 Å². The van der Waals surface area contributed by atoms with Gasteiger partial charge in [-0.15, -0.1) is 23.2 Å². The third-order valence-electron chi connectivity index (χ3n) is 0. The minimum Gasteiger partial charge on any atom is -0.397 e. The van der Waals surface area contributed by atoms with Gasteiger partial charge in [-0.2, -0.15) is 0 Å². The normalized spacial score (nSPS) is 4.29. The Morgan fingerprint density at radius 3 is 1.07 bits per heavy atom. The van der Waals surface area contributed by atoms with Crippen LogP contribution in [0.4, 0.5) is 0 Å². The molecule has 0 atom stereocenters. The van der Waals surface area contributed by atoms with Crippen LogP contribution in [0.25, 0.3) is 0 Å². The first kappa shape index (κ1) is 42.8. The summed E-state index contributed by atoms with van der Waals surface area (Å²) in [5.41, 5.74) is 0. The van der Waals surface area contributed by atoms with E-state index >= 15 is 0 Å². The number of hydrogen-bond acceptors (Lipinski definition) is 1. The van der Waals surface area contributed by atoms with Gasteiger partial charge in [0, 0.05) is 116 Å². The van der Waals surface area contributed by atoms with E-state index in [1.54, 1.807) is 6.92 Å². The van der Waals surface area contributed by atoms with Gasteiger partial charge in [0.05, 0.1) is 5.34 Å². The van der Waals surface area contributed by atoms with Crippen molar-refractivity contribution in [2.24, 2.45) is 0 Å². The monoisotopic (exact) mass is 492 g/mol. The van der Waals surface area contributed by atoms with Crippen molar-refractivity contribution >= 4 is 67.4 Å². The molecule has 0 amide bonds. The smallest absolute Gasteiger partial charge is 0.0967 e.